The largest absolute Gasteiger partial charge is 0.369 e. The Kier molecular flexibility index (Phi) is 3.69. The van der Waals surface area contributed by atoms with Crippen molar-refractivity contribution in [2.24, 2.45) is 0 Å². The highest BCUT2D eigenvalue weighted by atomic mass is 16.5. The third kappa shape index (κ3) is 2.96. The van der Waals surface area contributed by atoms with Crippen LogP contribution in [0.4, 0.5) is 5.95 Å². The molecule has 0 unspecified atom stereocenters. The molecule has 3 rings (SSSR count). The van der Waals surface area contributed by atoms with Crippen molar-refractivity contribution in [2.45, 2.75) is 57.2 Å². The van der Waals surface area contributed by atoms with E-state index in [1.807, 2.05) is 13.8 Å². The molecule has 6 nitrogen and oxygen atoms in total. The monoisotopic (exact) mass is 280 g/mol. The predicted molar refractivity (Wildman–Crippen MR) is 75.7 cm³/mol. The van der Waals surface area contributed by atoms with Gasteiger partial charge in [-0.25, -0.2) is 0 Å². The van der Waals surface area contributed by atoms with Crippen LogP contribution in [0.1, 0.15) is 45.4 Å². The summed E-state index contributed by atoms with van der Waals surface area (Å²) in [6, 6.07) is 1.44. The van der Waals surface area contributed by atoms with Crippen molar-refractivity contribution in [2.75, 3.05) is 25.1 Å². The maximum absolute atomic E-state index is 5.37. The first-order valence-corrected chi connectivity index (χ1v) is 7.49. The van der Waals surface area contributed by atoms with Crippen molar-refractivity contribution >= 4 is 5.95 Å². The quantitative estimate of drug-likeness (QED) is 0.885. The van der Waals surface area contributed by atoms with Crippen LogP contribution in [-0.4, -0.2) is 42.4 Å². The number of piperidine rings is 1. The Bertz CT molecular complexity index is 448. The lowest BCUT2D eigenvalue weighted by molar-refractivity contribution is -0.00786. The molecule has 1 aliphatic carbocycles. The average molecular weight is 280 g/mol. The van der Waals surface area contributed by atoms with E-state index in [4.69, 9.17) is 9.26 Å². The molecule has 112 valence electrons. The lowest BCUT2D eigenvalue weighted by Gasteiger charge is -2.31. The zero-order chi connectivity index (χ0) is 14.2. The maximum atomic E-state index is 5.37. The molecule has 0 aromatic carbocycles. The number of ether oxygens (including phenoxy) is 1. The van der Waals surface area contributed by atoms with Crippen LogP contribution >= 0.6 is 0 Å². The van der Waals surface area contributed by atoms with Gasteiger partial charge in [-0.2, -0.15) is 4.98 Å². The van der Waals surface area contributed by atoms with Crippen molar-refractivity contribution in [1.82, 2.24) is 15.5 Å². The molecule has 1 saturated carbocycles. The second-order valence-corrected chi connectivity index (χ2v) is 6.32. The van der Waals surface area contributed by atoms with Crippen molar-refractivity contribution in [1.29, 1.82) is 0 Å². The van der Waals surface area contributed by atoms with Crippen LogP contribution < -0.4 is 10.2 Å². The topological polar surface area (TPSA) is 63.4 Å². The summed E-state index contributed by atoms with van der Waals surface area (Å²) in [4.78, 5) is 6.68. The Morgan fingerprint density at radius 1 is 1.20 bits per heavy atom. The van der Waals surface area contributed by atoms with Gasteiger partial charge in [0.05, 0.1) is 0 Å². The van der Waals surface area contributed by atoms with Gasteiger partial charge in [0.1, 0.15) is 5.60 Å². The summed E-state index contributed by atoms with van der Waals surface area (Å²) in [5.41, 5.74) is -0.531. The van der Waals surface area contributed by atoms with Gasteiger partial charge >= 0.3 is 0 Å². The molecule has 1 aromatic rings. The molecule has 2 aliphatic rings. The van der Waals surface area contributed by atoms with Crippen LogP contribution in [0.3, 0.4) is 0 Å². The molecule has 6 heteroatoms. The van der Waals surface area contributed by atoms with E-state index in [1.54, 1.807) is 7.11 Å². The molecule has 0 radical (unpaired) electrons. The van der Waals surface area contributed by atoms with Gasteiger partial charge in [0, 0.05) is 32.3 Å². The Morgan fingerprint density at radius 3 is 2.45 bits per heavy atom. The molecular weight excluding hydrogens is 256 g/mol. The third-order valence-electron chi connectivity index (χ3n) is 4.27. The van der Waals surface area contributed by atoms with Crippen LogP contribution in [0, 0.1) is 0 Å². The summed E-state index contributed by atoms with van der Waals surface area (Å²) in [6.45, 7) is 5.82. The third-order valence-corrected chi connectivity index (χ3v) is 4.27. The molecule has 1 saturated heterocycles. The van der Waals surface area contributed by atoms with Gasteiger partial charge in [0.25, 0.3) is 11.8 Å². The second-order valence-electron chi connectivity index (χ2n) is 6.32. The molecule has 0 bridgehead atoms. The molecule has 1 aromatic heterocycles. The Morgan fingerprint density at radius 2 is 1.85 bits per heavy atom. The molecule has 20 heavy (non-hydrogen) atoms. The summed E-state index contributed by atoms with van der Waals surface area (Å²) >= 11 is 0. The smallest absolute Gasteiger partial charge is 0.266 e. The van der Waals surface area contributed by atoms with E-state index in [0.29, 0.717) is 17.9 Å². The van der Waals surface area contributed by atoms with Gasteiger partial charge in [-0.15, -0.1) is 0 Å². The summed E-state index contributed by atoms with van der Waals surface area (Å²) in [5, 5.41) is 7.78. The summed E-state index contributed by atoms with van der Waals surface area (Å²) in [7, 11) is 1.65. The fourth-order valence-electron chi connectivity index (χ4n) is 2.51. The number of nitrogens with one attached hydrogen (secondary N) is 1. The van der Waals surface area contributed by atoms with E-state index in [2.05, 4.69) is 20.4 Å². The highest BCUT2D eigenvalue weighted by Crippen LogP contribution is 2.26. The van der Waals surface area contributed by atoms with Gasteiger partial charge < -0.3 is 19.5 Å². The number of aromatic nitrogens is 2. The van der Waals surface area contributed by atoms with Crippen LogP contribution in [0.2, 0.25) is 0 Å². The Hall–Kier alpha value is -1.14. The van der Waals surface area contributed by atoms with Crippen LogP contribution in [-0.2, 0) is 10.3 Å². The number of nitrogens with zero attached hydrogens (tertiary/aromatic N) is 3. The molecule has 0 spiro atoms. The fraction of sp³-hybridized carbons (Fsp3) is 0.857. The van der Waals surface area contributed by atoms with Crippen molar-refractivity contribution < 1.29 is 9.26 Å². The van der Waals surface area contributed by atoms with E-state index >= 15 is 0 Å². The molecular formula is C14H24N4O2. The molecule has 0 amide bonds. The van der Waals surface area contributed by atoms with Crippen LogP contribution in [0.15, 0.2) is 4.52 Å². The van der Waals surface area contributed by atoms with Crippen molar-refractivity contribution in [3.63, 3.8) is 0 Å². The predicted octanol–water partition coefficient (Wildman–Crippen LogP) is 1.67. The number of hydrogen-bond donors (Lipinski definition) is 1. The lowest BCUT2D eigenvalue weighted by Crippen LogP contribution is -2.43. The maximum Gasteiger partial charge on any atom is 0.266 e. The fourth-order valence-corrected chi connectivity index (χ4v) is 2.51. The normalized spacial score (nSPS) is 21.4. The number of rotatable bonds is 5. The van der Waals surface area contributed by atoms with Gasteiger partial charge in [-0.1, -0.05) is 0 Å². The first kappa shape index (κ1) is 13.8. The Balaban J connectivity index is 1.57. The number of methoxy groups -OCH3 is 1. The van der Waals surface area contributed by atoms with Crippen LogP contribution in [0.25, 0.3) is 0 Å². The van der Waals surface area contributed by atoms with E-state index in [0.717, 1.165) is 32.0 Å². The first-order chi connectivity index (χ1) is 9.58. The number of hydrogen-bond acceptors (Lipinski definition) is 6. The second kappa shape index (κ2) is 5.33. The molecule has 1 aliphatic heterocycles. The molecule has 1 N–H and O–H groups in total. The van der Waals surface area contributed by atoms with Gasteiger partial charge in [0.2, 0.25) is 0 Å². The zero-order valence-corrected chi connectivity index (χ0v) is 12.6. The van der Waals surface area contributed by atoms with E-state index in [9.17, 15) is 0 Å². The highest BCUT2D eigenvalue weighted by molar-refractivity contribution is 5.29. The van der Waals surface area contributed by atoms with Gasteiger partial charge in [-0.05, 0) is 44.7 Å². The summed E-state index contributed by atoms with van der Waals surface area (Å²) in [5.74, 6) is 1.23. The zero-order valence-electron chi connectivity index (χ0n) is 12.6. The minimum Gasteiger partial charge on any atom is -0.369 e. The summed E-state index contributed by atoms with van der Waals surface area (Å²) in [6.07, 6.45) is 4.99. The van der Waals surface area contributed by atoms with Gasteiger partial charge in [-0.3, -0.25) is 0 Å². The Labute approximate surface area is 119 Å². The minimum absolute atomic E-state index is 0.531. The SMILES string of the molecule is COC(C)(C)c1nc(N2CCC(NC3CC3)CC2)no1. The molecule has 2 heterocycles. The molecule has 0 atom stereocenters. The average Bonchev–Trinajstić information content (AvgIpc) is 3.12. The van der Waals surface area contributed by atoms with Crippen LogP contribution in [0.5, 0.6) is 0 Å². The highest BCUT2D eigenvalue weighted by Gasteiger charge is 2.31. The number of anilines is 1. The minimum atomic E-state index is -0.531. The van der Waals surface area contributed by atoms with Gasteiger partial charge in [0.15, 0.2) is 0 Å². The summed E-state index contributed by atoms with van der Waals surface area (Å²) < 4.78 is 10.7. The first-order valence-electron chi connectivity index (χ1n) is 7.49. The standard InChI is InChI=1S/C14H24N4O2/c1-14(2,19-3)12-16-13(17-20-12)18-8-6-11(7-9-18)15-10-4-5-10/h10-11,15H,4-9H2,1-3H3. The van der Waals surface area contributed by atoms with Crippen molar-refractivity contribution in [3.05, 3.63) is 5.89 Å². The molecule has 2 fully saturated rings. The lowest BCUT2D eigenvalue weighted by atomic mass is 10.1. The van der Waals surface area contributed by atoms with E-state index in [1.165, 1.54) is 12.8 Å². The van der Waals surface area contributed by atoms with Crippen molar-refractivity contribution in [3.8, 4) is 0 Å². The van der Waals surface area contributed by atoms with E-state index < -0.39 is 5.60 Å². The van der Waals surface area contributed by atoms with E-state index in [-0.39, 0.29) is 0 Å².